The van der Waals surface area contributed by atoms with Gasteiger partial charge in [0.05, 0.1) is 6.54 Å². The topological polar surface area (TPSA) is 32.3 Å². The lowest BCUT2D eigenvalue weighted by atomic mass is 10.1. The molecule has 0 atom stereocenters. The number of rotatable bonds is 4. The fourth-order valence-electron chi connectivity index (χ4n) is 2.56. The molecule has 1 heterocycles. The van der Waals surface area contributed by atoms with Gasteiger partial charge in [0.2, 0.25) is 5.91 Å². The normalized spacial score (nSPS) is 15.1. The summed E-state index contributed by atoms with van der Waals surface area (Å²) in [5, 5.41) is 3.24. The summed E-state index contributed by atoms with van der Waals surface area (Å²) >= 11 is 0. The minimum atomic E-state index is 0.233. The number of carbonyl (C=O) groups is 1. The van der Waals surface area contributed by atoms with Crippen LogP contribution in [0.3, 0.4) is 0 Å². The number of aryl methyl sites for hydroxylation is 2. The molecule has 0 aliphatic carbocycles. The smallest absolute Gasteiger partial charge is 0.236 e. The Bertz CT molecular complexity index is 402. The van der Waals surface area contributed by atoms with E-state index in [2.05, 4.69) is 37.4 Å². The summed E-state index contributed by atoms with van der Waals surface area (Å²) in [5.41, 5.74) is 3.80. The summed E-state index contributed by atoms with van der Waals surface area (Å²) in [6.45, 7) is 7.29. The molecule has 0 saturated carbocycles. The first-order valence-corrected chi connectivity index (χ1v) is 6.71. The first kappa shape index (κ1) is 13.1. The summed E-state index contributed by atoms with van der Waals surface area (Å²) in [6, 6.07) is 6.50. The Balaban J connectivity index is 1.79. The monoisotopic (exact) mass is 246 g/mol. The van der Waals surface area contributed by atoms with Gasteiger partial charge in [0.15, 0.2) is 0 Å². The van der Waals surface area contributed by atoms with Crippen LogP contribution in [0.1, 0.15) is 29.5 Å². The maximum absolute atomic E-state index is 11.8. The van der Waals surface area contributed by atoms with Crippen molar-refractivity contribution >= 4 is 5.91 Å². The van der Waals surface area contributed by atoms with Crippen LogP contribution in [0.15, 0.2) is 18.2 Å². The average molecular weight is 246 g/mol. The molecule has 0 unspecified atom stereocenters. The van der Waals surface area contributed by atoms with Gasteiger partial charge in [-0.25, -0.2) is 0 Å². The Morgan fingerprint density at radius 2 is 1.78 bits per heavy atom. The minimum absolute atomic E-state index is 0.233. The zero-order chi connectivity index (χ0) is 13.0. The van der Waals surface area contributed by atoms with Crippen molar-refractivity contribution < 1.29 is 4.79 Å². The van der Waals surface area contributed by atoms with Crippen molar-refractivity contribution in [2.45, 2.75) is 33.2 Å². The molecule has 1 aromatic rings. The van der Waals surface area contributed by atoms with Crippen LogP contribution in [0.5, 0.6) is 0 Å². The van der Waals surface area contributed by atoms with E-state index < -0.39 is 0 Å². The van der Waals surface area contributed by atoms with Gasteiger partial charge in [-0.05, 0) is 32.3 Å². The molecule has 1 aliphatic rings. The number of likely N-dealkylation sites (tertiary alicyclic amines) is 1. The molecule has 3 nitrogen and oxygen atoms in total. The van der Waals surface area contributed by atoms with E-state index in [0.717, 1.165) is 32.5 Å². The molecule has 1 N–H and O–H groups in total. The van der Waals surface area contributed by atoms with E-state index in [0.29, 0.717) is 6.54 Å². The van der Waals surface area contributed by atoms with Crippen LogP contribution in [-0.4, -0.2) is 30.4 Å². The third-order valence-corrected chi connectivity index (χ3v) is 3.35. The summed E-state index contributed by atoms with van der Waals surface area (Å²) in [4.78, 5) is 13.8. The highest BCUT2D eigenvalue weighted by atomic mass is 16.2. The standard InChI is InChI=1S/C15H22N2O/c1-12-7-13(2)9-14(8-12)10-16-11-15(18)17-5-3-4-6-17/h7-9,16H,3-6,10-11H2,1-2H3. The summed E-state index contributed by atoms with van der Waals surface area (Å²) in [6.07, 6.45) is 2.31. The molecule has 3 heteroatoms. The fourth-order valence-corrected chi connectivity index (χ4v) is 2.56. The van der Waals surface area contributed by atoms with Crippen molar-refractivity contribution in [1.29, 1.82) is 0 Å². The van der Waals surface area contributed by atoms with Crippen molar-refractivity contribution in [1.82, 2.24) is 10.2 Å². The number of hydrogen-bond acceptors (Lipinski definition) is 2. The lowest BCUT2D eigenvalue weighted by Crippen LogP contribution is -2.35. The van der Waals surface area contributed by atoms with Crippen LogP contribution < -0.4 is 5.32 Å². The van der Waals surface area contributed by atoms with Crippen LogP contribution in [0.25, 0.3) is 0 Å². The molecule has 0 bridgehead atoms. The molecule has 0 aromatic heterocycles. The van der Waals surface area contributed by atoms with Gasteiger partial charge >= 0.3 is 0 Å². The van der Waals surface area contributed by atoms with Gasteiger partial charge in [0.1, 0.15) is 0 Å². The first-order chi connectivity index (χ1) is 8.65. The van der Waals surface area contributed by atoms with Gasteiger partial charge < -0.3 is 10.2 Å². The van der Waals surface area contributed by atoms with E-state index in [4.69, 9.17) is 0 Å². The van der Waals surface area contributed by atoms with Crippen molar-refractivity contribution in [2.24, 2.45) is 0 Å². The molecule has 1 amide bonds. The van der Waals surface area contributed by atoms with E-state index in [1.165, 1.54) is 16.7 Å². The molecule has 1 saturated heterocycles. The van der Waals surface area contributed by atoms with Gasteiger partial charge in [-0.1, -0.05) is 29.3 Å². The van der Waals surface area contributed by atoms with Gasteiger partial charge in [0, 0.05) is 19.6 Å². The molecule has 98 valence electrons. The van der Waals surface area contributed by atoms with E-state index >= 15 is 0 Å². The van der Waals surface area contributed by atoms with Crippen LogP contribution in [0.2, 0.25) is 0 Å². The molecule has 1 aliphatic heterocycles. The second-order valence-electron chi connectivity index (χ2n) is 5.19. The van der Waals surface area contributed by atoms with Crippen LogP contribution >= 0.6 is 0 Å². The summed E-state index contributed by atoms with van der Waals surface area (Å²) in [5.74, 6) is 0.233. The van der Waals surface area contributed by atoms with Crippen molar-refractivity contribution in [3.05, 3.63) is 34.9 Å². The Labute approximate surface area is 109 Å². The Morgan fingerprint density at radius 1 is 1.17 bits per heavy atom. The van der Waals surface area contributed by atoms with E-state index in [9.17, 15) is 4.79 Å². The Hall–Kier alpha value is -1.35. The maximum Gasteiger partial charge on any atom is 0.236 e. The highest BCUT2D eigenvalue weighted by Gasteiger charge is 2.16. The number of nitrogens with zero attached hydrogens (tertiary/aromatic N) is 1. The number of carbonyl (C=O) groups excluding carboxylic acids is 1. The van der Waals surface area contributed by atoms with Crippen LogP contribution in [0.4, 0.5) is 0 Å². The molecule has 1 aromatic carbocycles. The second kappa shape index (κ2) is 6.01. The van der Waals surface area contributed by atoms with Gasteiger partial charge in [0.25, 0.3) is 0 Å². The third kappa shape index (κ3) is 3.57. The fraction of sp³-hybridized carbons (Fsp3) is 0.533. The van der Waals surface area contributed by atoms with Gasteiger partial charge in [-0.3, -0.25) is 4.79 Å². The predicted octanol–water partition coefficient (Wildman–Crippen LogP) is 2.02. The van der Waals surface area contributed by atoms with Crippen molar-refractivity contribution in [3.8, 4) is 0 Å². The van der Waals surface area contributed by atoms with E-state index in [1.54, 1.807) is 0 Å². The highest BCUT2D eigenvalue weighted by molar-refractivity contribution is 5.78. The largest absolute Gasteiger partial charge is 0.342 e. The summed E-state index contributed by atoms with van der Waals surface area (Å²) < 4.78 is 0. The van der Waals surface area contributed by atoms with E-state index in [-0.39, 0.29) is 5.91 Å². The lowest BCUT2D eigenvalue weighted by molar-refractivity contribution is -0.129. The maximum atomic E-state index is 11.8. The first-order valence-electron chi connectivity index (χ1n) is 6.71. The molecular weight excluding hydrogens is 224 g/mol. The summed E-state index contributed by atoms with van der Waals surface area (Å²) in [7, 11) is 0. The Kier molecular flexibility index (Phi) is 4.37. The Morgan fingerprint density at radius 3 is 2.39 bits per heavy atom. The van der Waals surface area contributed by atoms with Crippen molar-refractivity contribution in [3.63, 3.8) is 0 Å². The highest BCUT2D eigenvalue weighted by Crippen LogP contribution is 2.09. The SMILES string of the molecule is Cc1cc(C)cc(CNCC(=O)N2CCCC2)c1. The van der Waals surface area contributed by atoms with Gasteiger partial charge in [-0.2, -0.15) is 0 Å². The quantitative estimate of drug-likeness (QED) is 0.881. The number of amides is 1. The minimum Gasteiger partial charge on any atom is -0.342 e. The molecule has 2 rings (SSSR count). The lowest BCUT2D eigenvalue weighted by Gasteiger charge is -2.15. The molecule has 1 fully saturated rings. The second-order valence-corrected chi connectivity index (χ2v) is 5.19. The molecular formula is C15H22N2O. The van der Waals surface area contributed by atoms with Crippen LogP contribution in [-0.2, 0) is 11.3 Å². The van der Waals surface area contributed by atoms with E-state index in [1.807, 2.05) is 4.90 Å². The van der Waals surface area contributed by atoms with Crippen molar-refractivity contribution in [2.75, 3.05) is 19.6 Å². The molecule has 18 heavy (non-hydrogen) atoms. The molecule has 0 radical (unpaired) electrons. The number of benzene rings is 1. The van der Waals surface area contributed by atoms with Crippen LogP contribution in [0, 0.1) is 13.8 Å². The zero-order valence-electron chi connectivity index (χ0n) is 11.3. The number of nitrogens with one attached hydrogen (secondary N) is 1. The number of hydrogen-bond donors (Lipinski definition) is 1. The zero-order valence-corrected chi connectivity index (χ0v) is 11.3. The third-order valence-electron chi connectivity index (χ3n) is 3.35. The average Bonchev–Trinajstić information content (AvgIpc) is 2.80. The predicted molar refractivity (Wildman–Crippen MR) is 73.4 cm³/mol. The van der Waals surface area contributed by atoms with Gasteiger partial charge in [-0.15, -0.1) is 0 Å². The molecule has 0 spiro atoms.